The summed E-state index contributed by atoms with van der Waals surface area (Å²) in [4.78, 5) is 19.4. The zero-order chi connectivity index (χ0) is 24.0. The molecule has 35 heavy (non-hydrogen) atoms. The topological polar surface area (TPSA) is 63.2 Å². The van der Waals surface area contributed by atoms with Gasteiger partial charge in [0.05, 0.1) is 27.0 Å². The molecule has 1 saturated carbocycles. The Kier molecular flexibility index (Phi) is 5.71. The standard InChI is InChI=1S/C28H26N3O2SSi/c1-17-6-7-19(33-27(35)23-8-12-30-23)16-21(17)26(32)31-28(9-10-28)22-14-18(25-5-3-13-34-25)15-24-20(22)4-2-11-29-24/h2-7,11,13-16,23,27,30H,8-10,12H2,1H3,(H,31,32)/t23-,27-/m0/s1. The summed E-state index contributed by atoms with van der Waals surface area (Å²) < 4.78 is 6.07. The van der Waals surface area contributed by atoms with E-state index in [2.05, 4.69) is 61.6 Å². The number of aromatic nitrogens is 1. The third-order valence-electron chi connectivity index (χ3n) is 7.09. The predicted molar refractivity (Wildman–Crippen MR) is 141 cm³/mol. The van der Waals surface area contributed by atoms with E-state index in [4.69, 9.17) is 4.74 Å². The number of benzene rings is 2. The van der Waals surface area contributed by atoms with Crippen LogP contribution < -0.4 is 15.4 Å². The van der Waals surface area contributed by atoms with Crippen molar-refractivity contribution in [3.05, 3.63) is 82.9 Å². The number of thiophene rings is 1. The van der Waals surface area contributed by atoms with Gasteiger partial charge in [-0.05, 0) is 91.2 Å². The third-order valence-corrected chi connectivity index (χ3v) is 8.53. The predicted octanol–water partition coefficient (Wildman–Crippen LogP) is 4.93. The van der Waals surface area contributed by atoms with Crippen molar-refractivity contribution in [3.63, 3.8) is 0 Å². The van der Waals surface area contributed by atoms with Crippen LogP contribution >= 0.6 is 11.3 Å². The molecular formula is C28H26N3O2SSi. The number of rotatable bonds is 7. The Morgan fingerprint density at radius 2 is 2.09 bits per heavy atom. The number of ether oxygens (including phenoxy) is 1. The van der Waals surface area contributed by atoms with Crippen LogP contribution in [0.5, 0.6) is 5.75 Å². The van der Waals surface area contributed by atoms with Crippen LogP contribution in [0.1, 0.15) is 40.7 Å². The molecule has 0 spiro atoms. The normalized spacial score (nSPS) is 19.1. The number of hydrogen-bond donors (Lipinski definition) is 2. The highest BCUT2D eigenvalue weighted by Gasteiger charge is 2.47. The van der Waals surface area contributed by atoms with E-state index in [1.165, 1.54) is 4.88 Å². The molecule has 2 fully saturated rings. The molecule has 2 N–H and O–H groups in total. The lowest BCUT2D eigenvalue weighted by Crippen LogP contribution is -2.53. The lowest BCUT2D eigenvalue weighted by Gasteiger charge is -2.33. The van der Waals surface area contributed by atoms with Crippen LogP contribution in [0.2, 0.25) is 0 Å². The molecule has 2 atom stereocenters. The first-order valence-corrected chi connectivity index (χ1v) is 13.5. The van der Waals surface area contributed by atoms with Gasteiger partial charge in [-0.1, -0.05) is 18.2 Å². The number of hydrogen-bond acceptors (Lipinski definition) is 5. The summed E-state index contributed by atoms with van der Waals surface area (Å²) in [7, 11) is 3.67. The van der Waals surface area contributed by atoms with Gasteiger partial charge in [0.1, 0.15) is 5.75 Å². The summed E-state index contributed by atoms with van der Waals surface area (Å²) in [6.45, 7) is 2.98. The largest absolute Gasteiger partial charge is 0.493 e. The maximum Gasteiger partial charge on any atom is 0.252 e. The first-order chi connectivity index (χ1) is 17.0. The molecule has 3 radical (unpaired) electrons. The van der Waals surface area contributed by atoms with Gasteiger partial charge in [0.15, 0.2) is 0 Å². The van der Waals surface area contributed by atoms with Crippen LogP contribution in [0.3, 0.4) is 0 Å². The zero-order valence-electron chi connectivity index (χ0n) is 19.5. The quantitative estimate of drug-likeness (QED) is 0.356. The SMILES string of the molecule is Cc1ccc(O[C@@H]([Si])[C@@H]2CCN2)cc1C(=O)NC1(c2cc(-c3cccs3)cc3ncccc23)CC1. The second-order valence-corrected chi connectivity index (χ2v) is 11.0. The summed E-state index contributed by atoms with van der Waals surface area (Å²) in [5, 5.41) is 9.91. The Morgan fingerprint density at radius 3 is 2.80 bits per heavy atom. The van der Waals surface area contributed by atoms with Crippen molar-refractivity contribution in [1.29, 1.82) is 0 Å². The fourth-order valence-electron chi connectivity index (χ4n) is 4.75. The zero-order valence-corrected chi connectivity index (χ0v) is 21.3. The molecule has 7 heteroatoms. The average molecular weight is 497 g/mol. The van der Waals surface area contributed by atoms with E-state index in [0.717, 1.165) is 53.4 Å². The van der Waals surface area contributed by atoms with Crippen LogP contribution in [0, 0.1) is 6.92 Å². The van der Waals surface area contributed by atoms with Crippen molar-refractivity contribution in [2.45, 2.75) is 43.5 Å². The van der Waals surface area contributed by atoms with Crippen molar-refractivity contribution in [1.82, 2.24) is 15.6 Å². The smallest absolute Gasteiger partial charge is 0.252 e. The van der Waals surface area contributed by atoms with E-state index in [0.29, 0.717) is 11.3 Å². The number of pyridine rings is 1. The molecule has 2 aliphatic rings. The van der Waals surface area contributed by atoms with E-state index in [1.54, 1.807) is 11.3 Å². The molecule has 1 aliphatic carbocycles. The molecule has 2 aromatic heterocycles. The molecule has 3 heterocycles. The van der Waals surface area contributed by atoms with Crippen molar-refractivity contribution in [2.75, 3.05) is 6.54 Å². The van der Waals surface area contributed by atoms with E-state index in [1.807, 2.05) is 37.4 Å². The van der Waals surface area contributed by atoms with Gasteiger partial charge in [-0.15, -0.1) is 11.3 Å². The number of nitrogens with zero attached hydrogens (tertiary/aromatic N) is 1. The molecule has 6 rings (SSSR count). The first-order valence-electron chi connectivity index (χ1n) is 12.0. The Labute approximate surface area is 212 Å². The van der Waals surface area contributed by atoms with Crippen LogP contribution in [0.4, 0.5) is 0 Å². The van der Waals surface area contributed by atoms with Crippen LogP contribution in [0.25, 0.3) is 21.3 Å². The number of aryl methyl sites for hydroxylation is 1. The Morgan fingerprint density at radius 1 is 1.23 bits per heavy atom. The minimum Gasteiger partial charge on any atom is -0.493 e. The van der Waals surface area contributed by atoms with Gasteiger partial charge in [0.25, 0.3) is 5.91 Å². The van der Waals surface area contributed by atoms with E-state index in [9.17, 15) is 4.79 Å². The molecule has 5 nitrogen and oxygen atoms in total. The van der Waals surface area contributed by atoms with Crippen molar-refractivity contribution in [3.8, 4) is 16.2 Å². The third kappa shape index (κ3) is 4.28. The van der Waals surface area contributed by atoms with Crippen LogP contribution in [-0.4, -0.2) is 39.4 Å². The second-order valence-electron chi connectivity index (χ2n) is 9.47. The minimum atomic E-state index is -0.387. The lowest BCUT2D eigenvalue weighted by molar-refractivity contribution is 0.0929. The fraction of sp³-hybridized carbons (Fsp3) is 0.286. The van der Waals surface area contributed by atoms with E-state index < -0.39 is 0 Å². The maximum absolute atomic E-state index is 13.6. The average Bonchev–Trinajstić information content (AvgIpc) is 3.38. The number of carbonyl (C=O) groups excluding carboxylic acids is 1. The van der Waals surface area contributed by atoms with E-state index >= 15 is 0 Å². The van der Waals surface area contributed by atoms with Gasteiger partial charge in [-0.3, -0.25) is 9.78 Å². The summed E-state index contributed by atoms with van der Waals surface area (Å²) >= 11 is 1.71. The molecule has 4 aromatic rings. The van der Waals surface area contributed by atoms with Crippen molar-refractivity contribution in [2.24, 2.45) is 0 Å². The van der Waals surface area contributed by atoms with E-state index in [-0.39, 0.29) is 23.2 Å². The van der Waals surface area contributed by atoms with Crippen LogP contribution in [0.15, 0.2) is 66.2 Å². The number of amides is 1. The molecule has 1 saturated heterocycles. The van der Waals surface area contributed by atoms with Crippen LogP contribution in [-0.2, 0) is 5.54 Å². The van der Waals surface area contributed by atoms with Gasteiger partial charge < -0.3 is 15.4 Å². The van der Waals surface area contributed by atoms with Crippen molar-refractivity contribution < 1.29 is 9.53 Å². The molecule has 1 aliphatic heterocycles. The van der Waals surface area contributed by atoms with Gasteiger partial charge in [0.2, 0.25) is 0 Å². The highest BCUT2D eigenvalue weighted by molar-refractivity contribution is 7.13. The molecule has 0 bridgehead atoms. The summed E-state index contributed by atoms with van der Waals surface area (Å²) in [5.74, 6) is 0.616. The Balaban J connectivity index is 1.31. The maximum atomic E-state index is 13.6. The molecule has 0 unspecified atom stereocenters. The summed E-state index contributed by atoms with van der Waals surface area (Å²) in [5.41, 5.74) is 4.29. The van der Waals surface area contributed by atoms with Gasteiger partial charge in [0, 0.05) is 28.1 Å². The second kappa shape index (κ2) is 8.89. The monoisotopic (exact) mass is 496 g/mol. The van der Waals surface area contributed by atoms with Gasteiger partial charge in [-0.25, -0.2) is 0 Å². The summed E-state index contributed by atoms with van der Waals surface area (Å²) in [6.07, 6.45) is 4.71. The number of fused-ring (bicyclic) bond motifs is 1. The fourth-order valence-corrected chi connectivity index (χ4v) is 5.89. The number of carbonyl (C=O) groups is 1. The first kappa shape index (κ1) is 22.5. The number of nitrogens with one attached hydrogen (secondary N) is 2. The molecule has 175 valence electrons. The summed E-state index contributed by atoms with van der Waals surface area (Å²) in [6, 6.07) is 18.7. The molecule has 2 aromatic carbocycles. The lowest BCUT2D eigenvalue weighted by atomic mass is 9.95. The minimum absolute atomic E-state index is 0.0729. The Hall–Kier alpha value is -3.00. The highest BCUT2D eigenvalue weighted by Crippen LogP contribution is 2.49. The van der Waals surface area contributed by atoms with Gasteiger partial charge >= 0.3 is 0 Å². The van der Waals surface area contributed by atoms with Gasteiger partial charge in [-0.2, -0.15) is 0 Å². The highest BCUT2D eigenvalue weighted by atomic mass is 32.1. The molecular weight excluding hydrogens is 470 g/mol. The Bertz CT molecular complexity index is 1400. The molecule has 1 amide bonds. The van der Waals surface area contributed by atoms with Crippen molar-refractivity contribution >= 4 is 38.4 Å².